The lowest BCUT2D eigenvalue weighted by Crippen LogP contribution is -2.04. The lowest BCUT2D eigenvalue weighted by molar-refractivity contribution is -0.386. The number of rotatable bonds is 3. The maximum atomic E-state index is 10.7. The van der Waals surface area contributed by atoms with Crippen LogP contribution in [0.3, 0.4) is 0 Å². The molecule has 7 nitrogen and oxygen atoms in total. The van der Waals surface area contributed by atoms with Crippen molar-refractivity contribution in [2.24, 2.45) is 0 Å². The first kappa shape index (κ1) is 10.8. The van der Waals surface area contributed by atoms with Gasteiger partial charge in [-0.15, -0.1) is 0 Å². The number of hydrogen-bond acceptors (Lipinski definition) is 5. The van der Waals surface area contributed by atoms with Gasteiger partial charge in [0.15, 0.2) is 5.75 Å². The molecule has 0 aliphatic carbocycles. The summed E-state index contributed by atoms with van der Waals surface area (Å²) in [6.45, 7) is 0. The zero-order chi connectivity index (χ0) is 11.6. The van der Waals surface area contributed by atoms with Crippen LogP contribution in [0.4, 0.5) is 5.69 Å². The second kappa shape index (κ2) is 3.82. The Hall–Kier alpha value is -2.31. The highest BCUT2D eigenvalue weighted by molar-refractivity contribution is 5.94. The van der Waals surface area contributed by atoms with Gasteiger partial charge < -0.3 is 14.9 Å². The number of aromatic hydroxyl groups is 1. The molecule has 1 rings (SSSR count). The van der Waals surface area contributed by atoms with Crippen molar-refractivity contribution in [3.8, 4) is 11.5 Å². The molecule has 15 heavy (non-hydrogen) atoms. The number of phenols is 1. The quantitative estimate of drug-likeness (QED) is 0.572. The van der Waals surface area contributed by atoms with Crippen molar-refractivity contribution in [1.29, 1.82) is 0 Å². The fourth-order valence-electron chi connectivity index (χ4n) is 1.12. The molecule has 1 aromatic rings. The van der Waals surface area contributed by atoms with Crippen LogP contribution in [-0.4, -0.2) is 28.2 Å². The number of nitro benzene ring substituents is 1. The second-order valence-corrected chi connectivity index (χ2v) is 2.58. The van der Waals surface area contributed by atoms with E-state index in [-0.39, 0.29) is 0 Å². The first-order valence-electron chi connectivity index (χ1n) is 3.76. The molecule has 2 N–H and O–H groups in total. The fraction of sp³-hybridized carbons (Fsp3) is 0.125. The first-order valence-corrected chi connectivity index (χ1v) is 3.76. The average Bonchev–Trinajstić information content (AvgIpc) is 2.16. The van der Waals surface area contributed by atoms with Gasteiger partial charge in [-0.3, -0.25) is 10.1 Å². The van der Waals surface area contributed by atoms with E-state index in [1.54, 1.807) is 0 Å². The molecule has 0 radical (unpaired) electrons. The van der Waals surface area contributed by atoms with Crippen LogP contribution in [0.15, 0.2) is 12.1 Å². The number of nitrogens with zero attached hydrogens (tertiary/aromatic N) is 1. The third-order valence-corrected chi connectivity index (χ3v) is 1.73. The van der Waals surface area contributed by atoms with E-state index in [1.807, 2.05) is 0 Å². The van der Waals surface area contributed by atoms with E-state index in [1.165, 1.54) is 0 Å². The third-order valence-electron chi connectivity index (χ3n) is 1.73. The Kier molecular flexibility index (Phi) is 2.75. The molecule has 0 saturated heterocycles. The number of aromatic carboxylic acids is 1. The summed E-state index contributed by atoms with van der Waals surface area (Å²) < 4.78 is 4.57. The summed E-state index contributed by atoms with van der Waals surface area (Å²) in [5.41, 5.74) is -1.29. The molecule has 0 amide bonds. The van der Waals surface area contributed by atoms with E-state index < -0.39 is 33.6 Å². The Labute approximate surface area is 83.7 Å². The zero-order valence-electron chi connectivity index (χ0n) is 7.63. The molecule has 0 heterocycles. The molecule has 0 spiro atoms. The summed E-state index contributed by atoms with van der Waals surface area (Å²) in [7, 11) is 1.10. The summed E-state index contributed by atoms with van der Waals surface area (Å²) in [6.07, 6.45) is 0. The van der Waals surface area contributed by atoms with Crippen molar-refractivity contribution >= 4 is 11.7 Å². The molecule has 0 saturated carbocycles. The molecule has 0 aliphatic rings. The number of hydrogen-bond donors (Lipinski definition) is 2. The van der Waals surface area contributed by atoms with E-state index in [9.17, 15) is 20.0 Å². The Morgan fingerprint density at radius 3 is 2.53 bits per heavy atom. The molecule has 0 aliphatic heterocycles. The predicted octanol–water partition coefficient (Wildman–Crippen LogP) is 1.01. The van der Waals surface area contributed by atoms with E-state index in [0.717, 1.165) is 19.2 Å². The Balaban J connectivity index is 3.56. The Morgan fingerprint density at radius 1 is 1.53 bits per heavy atom. The van der Waals surface area contributed by atoms with Gasteiger partial charge in [0.05, 0.1) is 12.0 Å². The van der Waals surface area contributed by atoms with Gasteiger partial charge in [-0.1, -0.05) is 0 Å². The normalized spacial score (nSPS) is 9.67. The van der Waals surface area contributed by atoms with Gasteiger partial charge in [0, 0.05) is 0 Å². The van der Waals surface area contributed by atoms with E-state index in [4.69, 9.17) is 5.11 Å². The van der Waals surface area contributed by atoms with E-state index >= 15 is 0 Å². The number of phenolic OH excluding ortho intramolecular Hbond substituents is 1. The highest BCUT2D eigenvalue weighted by atomic mass is 16.6. The van der Waals surface area contributed by atoms with Gasteiger partial charge in [0.1, 0.15) is 5.56 Å². The van der Waals surface area contributed by atoms with Crippen LogP contribution in [-0.2, 0) is 0 Å². The highest BCUT2D eigenvalue weighted by Gasteiger charge is 2.27. The smallest absolute Gasteiger partial charge is 0.342 e. The van der Waals surface area contributed by atoms with Crippen molar-refractivity contribution < 1.29 is 24.7 Å². The standard InChI is InChI=1S/C8H7NO6/c1-15-7-5(10)3-2-4(8(11)12)6(7)9(13)14/h2-3,10H,1H3,(H,11,12). The maximum Gasteiger partial charge on any atom is 0.342 e. The van der Waals surface area contributed by atoms with Crippen LogP contribution in [0.2, 0.25) is 0 Å². The van der Waals surface area contributed by atoms with Crippen molar-refractivity contribution in [3.05, 3.63) is 27.8 Å². The first-order chi connectivity index (χ1) is 6.99. The molecule has 0 aromatic heterocycles. The number of carbonyl (C=O) groups is 1. The van der Waals surface area contributed by atoms with Crippen LogP contribution >= 0.6 is 0 Å². The fourth-order valence-corrected chi connectivity index (χ4v) is 1.12. The van der Waals surface area contributed by atoms with Gasteiger partial charge in [-0.25, -0.2) is 4.79 Å². The van der Waals surface area contributed by atoms with Crippen molar-refractivity contribution in [1.82, 2.24) is 0 Å². The van der Waals surface area contributed by atoms with Crippen molar-refractivity contribution in [2.75, 3.05) is 7.11 Å². The van der Waals surface area contributed by atoms with Crippen LogP contribution in [0.25, 0.3) is 0 Å². The number of nitro groups is 1. The molecule has 0 unspecified atom stereocenters. The summed E-state index contributed by atoms with van der Waals surface area (Å²) >= 11 is 0. The summed E-state index contributed by atoms with van der Waals surface area (Å²) in [4.78, 5) is 20.4. The number of methoxy groups -OCH3 is 1. The molecule has 80 valence electrons. The van der Waals surface area contributed by atoms with Gasteiger partial charge in [0.2, 0.25) is 5.75 Å². The monoisotopic (exact) mass is 213 g/mol. The number of carboxylic acid groups (broad SMARTS) is 1. The molecular weight excluding hydrogens is 206 g/mol. The van der Waals surface area contributed by atoms with Gasteiger partial charge >= 0.3 is 11.7 Å². The molecule has 0 atom stereocenters. The molecule has 0 bridgehead atoms. The van der Waals surface area contributed by atoms with Crippen molar-refractivity contribution in [2.45, 2.75) is 0 Å². The largest absolute Gasteiger partial charge is 0.504 e. The Morgan fingerprint density at radius 2 is 2.13 bits per heavy atom. The Bertz CT molecular complexity index is 427. The maximum absolute atomic E-state index is 10.7. The van der Waals surface area contributed by atoms with E-state index in [2.05, 4.69) is 4.74 Å². The van der Waals surface area contributed by atoms with Crippen LogP contribution in [0.5, 0.6) is 11.5 Å². The number of benzene rings is 1. The highest BCUT2D eigenvalue weighted by Crippen LogP contribution is 2.38. The second-order valence-electron chi connectivity index (χ2n) is 2.58. The lowest BCUT2D eigenvalue weighted by Gasteiger charge is -2.05. The number of carboxylic acids is 1. The predicted molar refractivity (Wildman–Crippen MR) is 48.3 cm³/mol. The number of ether oxygens (including phenoxy) is 1. The third kappa shape index (κ3) is 1.80. The minimum atomic E-state index is -1.46. The zero-order valence-corrected chi connectivity index (χ0v) is 7.63. The van der Waals surface area contributed by atoms with E-state index in [0.29, 0.717) is 0 Å². The van der Waals surface area contributed by atoms with Gasteiger partial charge in [0.25, 0.3) is 0 Å². The minimum absolute atomic E-state index is 0.458. The molecule has 7 heteroatoms. The summed E-state index contributed by atoms with van der Waals surface area (Å²) in [5, 5.41) is 28.5. The lowest BCUT2D eigenvalue weighted by atomic mass is 10.1. The SMILES string of the molecule is COc1c(O)ccc(C(=O)O)c1[N+](=O)[O-]. The van der Waals surface area contributed by atoms with Gasteiger partial charge in [-0.2, -0.15) is 0 Å². The van der Waals surface area contributed by atoms with Crippen LogP contribution < -0.4 is 4.74 Å². The minimum Gasteiger partial charge on any atom is -0.504 e. The van der Waals surface area contributed by atoms with Gasteiger partial charge in [-0.05, 0) is 12.1 Å². The molecular formula is C8H7NO6. The van der Waals surface area contributed by atoms with Crippen LogP contribution in [0.1, 0.15) is 10.4 Å². The molecule has 0 fully saturated rings. The summed E-state index contributed by atoms with van der Waals surface area (Å²) in [5.74, 6) is -2.39. The molecule has 1 aromatic carbocycles. The van der Waals surface area contributed by atoms with Crippen molar-refractivity contribution in [3.63, 3.8) is 0 Å². The van der Waals surface area contributed by atoms with Crippen LogP contribution in [0, 0.1) is 10.1 Å². The average molecular weight is 213 g/mol. The topological polar surface area (TPSA) is 110 Å². The summed E-state index contributed by atoms with van der Waals surface area (Å²) in [6, 6.07) is 1.97.